The van der Waals surface area contributed by atoms with E-state index in [4.69, 9.17) is 17.3 Å². The number of hydrazone groups is 1. The van der Waals surface area contributed by atoms with Crippen LogP contribution in [0, 0.1) is 13.8 Å². The van der Waals surface area contributed by atoms with E-state index in [9.17, 15) is 4.79 Å². The van der Waals surface area contributed by atoms with Crippen LogP contribution in [0.5, 0.6) is 0 Å². The number of anilines is 1. The van der Waals surface area contributed by atoms with E-state index in [1.165, 1.54) is 5.01 Å². The van der Waals surface area contributed by atoms with Gasteiger partial charge in [-0.05, 0) is 37.1 Å². The molecule has 0 saturated heterocycles. The van der Waals surface area contributed by atoms with Gasteiger partial charge in [0.05, 0.1) is 12.1 Å². The number of hydrogen-bond donors (Lipinski definition) is 1. The number of halogens is 1. The van der Waals surface area contributed by atoms with Crippen LogP contribution in [0.25, 0.3) is 0 Å². The molecule has 1 aliphatic heterocycles. The Labute approximate surface area is 98.7 Å². The molecule has 0 unspecified atom stereocenters. The van der Waals surface area contributed by atoms with E-state index in [1.54, 1.807) is 0 Å². The zero-order valence-electron chi connectivity index (χ0n) is 9.12. The van der Waals surface area contributed by atoms with E-state index in [0.29, 0.717) is 16.5 Å². The van der Waals surface area contributed by atoms with Crippen molar-refractivity contribution >= 4 is 29.0 Å². The van der Waals surface area contributed by atoms with Gasteiger partial charge < -0.3 is 5.73 Å². The average Bonchev–Trinajstić information content (AvgIpc) is 2.51. The molecule has 1 heterocycles. The third-order valence-corrected chi connectivity index (χ3v) is 2.88. The first-order valence-corrected chi connectivity index (χ1v) is 5.29. The second-order valence-corrected chi connectivity index (χ2v) is 4.27. The number of nitrogens with two attached hydrogens (primary N) is 1. The van der Waals surface area contributed by atoms with Crippen molar-refractivity contribution in [3.63, 3.8) is 0 Å². The molecule has 0 aromatic heterocycles. The fourth-order valence-corrected chi connectivity index (χ4v) is 1.92. The lowest BCUT2D eigenvalue weighted by Crippen LogP contribution is -2.20. The van der Waals surface area contributed by atoms with Crippen LogP contribution in [0.15, 0.2) is 17.2 Å². The van der Waals surface area contributed by atoms with Crippen molar-refractivity contribution in [3.8, 4) is 0 Å². The van der Waals surface area contributed by atoms with Crippen molar-refractivity contribution in [3.05, 3.63) is 28.3 Å². The number of nitrogens with zero attached hydrogens (tertiary/aromatic N) is 2. The Hall–Kier alpha value is -1.55. The minimum absolute atomic E-state index is 0.123. The molecule has 2 N–H and O–H groups in total. The van der Waals surface area contributed by atoms with E-state index in [1.807, 2.05) is 26.0 Å². The average molecular weight is 238 g/mol. The highest BCUT2D eigenvalue weighted by Crippen LogP contribution is 2.30. The van der Waals surface area contributed by atoms with Gasteiger partial charge in [-0.15, -0.1) is 0 Å². The number of carbonyl (C=O) groups is 1. The summed E-state index contributed by atoms with van der Waals surface area (Å²) in [5.74, 6) is 0.212. The predicted octanol–water partition coefficient (Wildman–Crippen LogP) is 1.97. The highest BCUT2D eigenvalue weighted by atomic mass is 35.5. The molecule has 16 heavy (non-hydrogen) atoms. The molecule has 0 radical (unpaired) electrons. The number of rotatable bonds is 1. The fraction of sp³-hybridized carbons (Fsp3) is 0.273. The van der Waals surface area contributed by atoms with Gasteiger partial charge in [-0.3, -0.25) is 4.79 Å². The van der Waals surface area contributed by atoms with Crippen LogP contribution in [0.1, 0.15) is 17.5 Å². The highest BCUT2D eigenvalue weighted by molar-refractivity contribution is 6.32. The molecule has 1 amide bonds. The predicted molar refractivity (Wildman–Crippen MR) is 64.7 cm³/mol. The summed E-state index contributed by atoms with van der Waals surface area (Å²) in [4.78, 5) is 11.6. The fourth-order valence-electron chi connectivity index (χ4n) is 1.65. The van der Waals surface area contributed by atoms with Crippen LogP contribution in [0.3, 0.4) is 0 Å². The van der Waals surface area contributed by atoms with Crippen molar-refractivity contribution in [2.24, 2.45) is 10.8 Å². The van der Waals surface area contributed by atoms with Crippen molar-refractivity contribution < 1.29 is 4.79 Å². The third kappa shape index (κ3) is 1.76. The Morgan fingerprint density at radius 1 is 1.44 bits per heavy atom. The summed E-state index contributed by atoms with van der Waals surface area (Å²) in [5.41, 5.74) is 8.06. The number of benzene rings is 1. The second-order valence-electron chi connectivity index (χ2n) is 3.86. The summed E-state index contributed by atoms with van der Waals surface area (Å²) >= 11 is 6.06. The van der Waals surface area contributed by atoms with E-state index in [-0.39, 0.29) is 12.3 Å². The molecule has 1 aromatic rings. The van der Waals surface area contributed by atoms with Gasteiger partial charge in [0.2, 0.25) is 0 Å². The molecule has 0 fully saturated rings. The van der Waals surface area contributed by atoms with Crippen LogP contribution >= 0.6 is 11.6 Å². The van der Waals surface area contributed by atoms with Crippen molar-refractivity contribution in [2.75, 3.05) is 5.01 Å². The van der Waals surface area contributed by atoms with Crippen LogP contribution in [0.2, 0.25) is 5.02 Å². The quantitative estimate of drug-likeness (QED) is 0.812. The highest BCUT2D eigenvalue weighted by Gasteiger charge is 2.25. The summed E-state index contributed by atoms with van der Waals surface area (Å²) in [5, 5.41) is 5.95. The molecule has 2 rings (SSSR count). The first-order valence-electron chi connectivity index (χ1n) is 4.91. The Balaban J connectivity index is 2.52. The smallest absolute Gasteiger partial charge is 0.255 e. The van der Waals surface area contributed by atoms with Crippen molar-refractivity contribution in [1.82, 2.24) is 0 Å². The number of amidine groups is 1. The van der Waals surface area contributed by atoms with Gasteiger partial charge >= 0.3 is 0 Å². The summed E-state index contributed by atoms with van der Waals surface area (Å²) in [6, 6.07) is 3.73. The summed E-state index contributed by atoms with van der Waals surface area (Å²) in [6.07, 6.45) is 0.172. The maximum atomic E-state index is 11.6. The molecule has 1 aromatic carbocycles. The van der Waals surface area contributed by atoms with Crippen LogP contribution < -0.4 is 10.7 Å². The van der Waals surface area contributed by atoms with E-state index < -0.39 is 0 Å². The minimum Gasteiger partial charge on any atom is -0.385 e. The zero-order valence-corrected chi connectivity index (χ0v) is 9.88. The van der Waals surface area contributed by atoms with Gasteiger partial charge in [0.25, 0.3) is 5.91 Å². The maximum absolute atomic E-state index is 11.6. The first-order chi connectivity index (χ1) is 7.49. The second kappa shape index (κ2) is 3.79. The number of hydrogen-bond acceptors (Lipinski definition) is 3. The molecular weight excluding hydrogens is 226 g/mol. The minimum atomic E-state index is -0.123. The molecule has 0 atom stereocenters. The lowest BCUT2D eigenvalue weighted by atomic mass is 10.1. The molecule has 0 bridgehead atoms. The standard InChI is InChI=1S/C11H12ClN3O/c1-6-3-8(12)7(2)9(4-6)15-11(16)5-10(13)14-15/h3-4H,5H2,1-2H3,(H2,13,14). The molecule has 1 aliphatic rings. The topological polar surface area (TPSA) is 58.7 Å². The lowest BCUT2D eigenvalue weighted by Gasteiger charge is -2.16. The molecule has 0 spiro atoms. The number of aryl methyl sites for hydroxylation is 1. The monoisotopic (exact) mass is 237 g/mol. The van der Waals surface area contributed by atoms with E-state index in [0.717, 1.165) is 11.1 Å². The number of carbonyl (C=O) groups excluding carboxylic acids is 1. The van der Waals surface area contributed by atoms with E-state index in [2.05, 4.69) is 5.10 Å². The zero-order chi connectivity index (χ0) is 11.9. The summed E-state index contributed by atoms with van der Waals surface area (Å²) in [6.45, 7) is 3.77. The van der Waals surface area contributed by atoms with Gasteiger partial charge in [0, 0.05) is 5.02 Å². The first kappa shape index (κ1) is 11.0. The third-order valence-electron chi connectivity index (χ3n) is 2.49. The Morgan fingerprint density at radius 2 is 2.12 bits per heavy atom. The van der Waals surface area contributed by atoms with Crippen LogP contribution in [-0.4, -0.2) is 11.7 Å². The number of amides is 1. The maximum Gasteiger partial charge on any atom is 0.255 e. The van der Waals surface area contributed by atoms with Gasteiger partial charge in [-0.25, -0.2) is 0 Å². The van der Waals surface area contributed by atoms with Crippen LogP contribution in [-0.2, 0) is 4.79 Å². The van der Waals surface area contributed by atoms with Gasteiger partial charge in [-0.1, -0.05) is 11.6 Å². The Kier molecular flexibility index (Phi) is 2.59. The summed E-state index contributed by atoms with van der Waals surface area (Å²) in [7, 11) is 0. The lowest BCUT2D eigenvalue weighted by molar-refractivity contribution is -0.116. The van der Waals surface area contributed by atoms with E-state index >= 15 is 0 Å². The van der Waals surface area contributed by atoms with Gasteiger partial charge in [0.15, 0.2) is 0 Å². The van der Waals surface area contributed by atoms with Crippen molar-refractivity contribution in [2.45, 2.75) is 20.3 Å². The largest absolute Gasteiger partial charge is 0.385 e. The molecule has 0 saturated carbocycles. The normalized spacial score (nSPS) is 15.6. The van der Waals surface area contributed by atoms with Crippen molar-refractivity contribution in [1.29, 1.82) is 0 Å². The molecular formula is C11H12ClN3O. The molecule has 5 heteroatoms. The summed E-state index contributed by atoms with van der Waals surface area (Å²) < 4.78 is 0. The van der Waals surface area contributed by atoms with Crippen LogP contribution in [0.4, 0.5) is 5.69 Å². The molecule has 0 aliphatic carbocycles. The Morgan fingerprint density at radius 3 is 2.69 bits per heavy atom. The Bertz CT molecular complexity index is 496. The molecule has 84 valence electrons. The van der Waals surface area contributed by atoms with Gasteiger partial charge in [0.1, 0.15) is 5.84 Å². The van der Waals surface area contributed by atoms with Gasteiger partial charge in [-0.2, -0.15) is 10.1 Å². The molecule has 4 nitrogen and oxygen atoms in total. The SMILES string of the molecule is Cc1cc(Cl)c(C)c(N2N=C(N)CC2=O)c1.